The summed E-state index contributed by atoms with van der Waals surface area (Å²) in [6.07, 6.45) is 2.16. The zero-order chi connectivity index (χ0) is 15.7. The number of thiazole rings is 1. The summed E-state index contributed by atoms with van der Waals surface area (Å²) in [5.41, 5.74) is 3.60. The molecule has 0 amide bonds. The molecule has 118 valence electrons. The minimum atomic E-state index is 0.0766. The fraction of sp³-hybridized carbons (Fsp3) is 0.471. The molecule has 0 bridgehead atoms. The number of imidazole rings is 1. The van der Waals surface area contributed by atoms with Crippen LogP contribution in [-0.4, -0.2) is 29.7 Å². The Morgan fingerprint density at radius 3 is 2.77 bits per heavy atom. The lowest BCUT2D eigenvalue weighted by molar-refractivity contribution is 0.0617. The highest BCUT2D eigenvalue weighted by Gasteiger charge is 2.19. The van der Waals surface area contributed by atoms with Crippen LogP contribution in [0.4, 0.5) is 0 Å². The maximum Gasteiger partial charge on any atom is 0.194 e. The number of nitrogens with zero attached hydrogens (tertiary/aromatic N) is 2. The molecule has 4 nitrogen and oxygen atoms in total. The Balaban J connectivity index is 1.87. The predicted molar refractivity (Wildman–Crippen MR) is 90.8 cm³/mol. The van der Waals surface area contributed by atoms with Crippen molar-refractivity contribution in [2.75, 3.05) is 20.3 Å². The molecular formula is C17H22N2O2S. The van der Waals surface area contributed by atoms with E-state index >= 15 is 0 Å². The van der Waals surface area contributed by atoms with Crippen molar-refractivity contribution in [2.45, 2.75) is 32.8 Å². The summed E-state index contributed by atoms with van der Waals surface area (Å²) in [5.74, 6) is 0. The first-order valence-corrected chi connectivity index (χ1v) is 8.28. The van der Waals surface area contributed by atoms with Crippen LogP contribution < -0.4 is 0 Å². The molecule has 0 saturated carbocycles. The highest BCUT2D eigenvalue weighted by Crippen LogP contribution is 2.30. The number of methoxy groups -OCH3 is 1. The number of hydrogen-bond donors (Lipinski definition) is 0. The number of rotatable bonds is 5. The summed E-state index contributed by atoms with van der Waals surface area (Å²) in [7, 11) is 1.68. The smallest absolute Gasteiger partial charge is 0.194 e. The van der Waals surface area contributed by atoms with Gasteiger partial charge in [-0.2, -0.15) is 0 Å². The molecule has 22 heavy (non-hydrogen) atoms. The van der Waals surface area contributed by atoms with Gasteiger partial charge in [0.2, 0.25) is 0 Å². The highest BCUT2D eigenvalue weighted by atomic mass is 32.1. The zero-order valence-electron chi connectivity index (χ0n) is 13.5. The van der Waals surface area contributed by atoms with Gasteiger partial charge in [0.25, 0.3) is 0 Å². The topological polar surface area (TPSA) is 35.8 Å². The Kier molecular flexibility index (Phi) is 4.21. The molecular weight excluding hydrogens is 296 g/mol. The van der Waals surface area contributed by atoms with Crippen molar-refractivity contribution >= 4 is 26.5 Å². The standard InChI is InChI=1S/C17H22N2O2S/c1-17(2,3)15-10-19-13-6-5-12(11-21-8-7-20-4)9-14(13)22-16(19)18-15/h5-6,9-10H,7-8,11H2,1-4H3. The Bertz CT molecular complexity index is 783. The summed E-state index contributed by atoms with van der Waals surface area (Å²) in [6.45, 7) is 8.44. The molecule has 3 aromatic rings. The van der Waals surface area contributed by atoms with E-state index in [-0.39, 0.29) is 5.41 Å². The number of hydrogen-bond acceptors (Lipinski definition) is 4. The second kappa shape index (κ2) is 5.99. The summed E-state index contributed by atoms with van der Waals surface area (Å²) in [5, 5.41) is 0. The summed E-state index contributed by atoms with van der Waals surface area (Å²) in [4.78, 5) is 5.82. The summed E-state index contributed by atoms with van der Waals surface area (Å²) in [6, 6.07) is 6.47. The van der Waals surface area contributed by atoms with E-state index in [1.165, 1.54) is 15.8 Å². The third kappa shape index (κ3) is 3.02. The molecule has 2 aromatic heterocycles. The van der Waals surface area contributed by atoms with Crippen molar-refractivity contribution in [1.82, 2.24) is 9.38 Å². The van der Waals surface area contributed by atoms with Gasteiger partial charge >= 0.3 is 0 Å². The molecule has 0 atom stereocenters. The van der Waals surface area contributed by atoms with Crippen LogP contribution in [0.1, 0.15) is 32.0 Å². The first-order chi connectivity index (χ1) is 10.5. The Labute approximate surface area is 134 Å². The van der Waals surface area contributed by atoms with E-state index < -0.39 is 0 Å². The van der Waals surface area contributed by atoms with E-state index in [0.29, 0.717) is 19.8 Å². The van der Waals surface area contributed by atoms with E-state index in [4.69, 9.17) is 14.5 Å². The van der Waals surface area contributed by atoms with Crippen molar-refractivity contribution in [2.24, 2.45) is 0 Å². The molecule has 0 fully saturated rings. The molecule has 3 rings (SSSR count). The van der Waals surface area contributed by atoms with Gasteiger partial charge in [-0.05, 0) is 17.7 Å². The minimum absolute atomic E-state index is 0.0766. The van der Waals surface area contributed by atoms with E-state index in [2.05, 4.69) is 49.6 Å². The average molecular weight is 318 g/mol. The van der Waals surface area contributed by atoms with Crippen LogP contribution in [0, 0.1) is 0 Å². The van der Waals surface area contributed by atoms with Gasteiger partial charge in [0, 0.05) is 18.7 Å². The van der Waals surface area contributed by atoms with Crippen molar-refractivity contribution in [3.05, 3.63) is 35.7 Å². The summed E-state index contributed by atoms with van der Waals surface area (Å²) < 4.78 is 14.0. The lowest BCUT2D eigenvalue weighted by atomic mass is 9.93. The van der Waals surface area contributed by atoms with Crippen LogP contribution >= 0.6 is 11.3 Å². The highest BCUT2D eigenvalue weighted by molar-refractivity contribution is 7.23. The molecule has 0 spiro atoms. The molecule has 0 aliphatic carbocycles. The van der Waals surface area contributed by atoms with Gasteiger partial charge in [0.05, 0.1) is 35.7 Å². The predicted octanol–water partition coefficient (Wildman–Crippen LogP) is 4.01. The molecule has 0 saturated heterocycles. The number of fused-ring (bicyclic) bond motifs is 3. The van der Waals surface area contributed by atoms with Crippen LogP contribution in [0.15, 0.2) is 24.4 Å². The van der Waals surface area contributed by atoms with Gasteiger partial charge < -0.3 is 9.47 Å². The molecule has 0 aliphatic rings. The fourth-order valence-electron chi connectivity index (χ4n) is 2.33. The van der Waals surface area contributed by atoms with Crippen molar-refractivity contribution in [3.63, 3.8) is 0 Å². The molecule has 0 radical (unpaired) electrons. The van der Waals surface area contributed by atoms with Crippen LogP contribution in [0.2, 0.25) is 0 Å². The van der Waals surface area contributed by atoms with E-state index in [0.717, 1.165) is 10.7 Å². The first-order valence-electron chi connectivity index (χ1n) is 7.47. The van der Waals surface area contributed by atoms with Crippen LogP contribution in [0.5, 0.6) is 0 Å². The Hall–Kier alpha value is -1.43. The van der Waals surface area contributed by atoms with Crippen LogP contribution in [0.25, 0.3) is 15.2 Å². The van der Waals surface area contributed by atoms with Crippen LogP contribution in [-0.2, 0) is 21.5 Å². The Morgan fingerprint density at radius 1 is 1.23 bits per heavy atom. The molecule has 1 aromatic carbocycles. The quantitative estimate of drug-likeness (QED) is 0.667. The fourth-order valence-corrected chi connectivity index (χ4v) is 3.40. The van der Waals surface area contributed by atoms with E-state index in [9.17, 15) is 0 Å². The van der Waals surface area contributed by atoms with Gasteiger partial charge in [-0.3, -0.25) is 4.40 Å². The minimum Gasteiger partial charge on any atom is -0.382 e. The second-order valence-electron chi connectivity index (χ2n) is 6.48. The Morgan fingerprint density at radius 2 is 2.05 bits per heavy atom. The van der Waals surface area contributed by atoms with Crippen LogP contribution in [0.3, 0.4) is 0 Å². The van der Waals surface area contributed by atoms with Crippen molar-refractivity contribution < 1.29 is 9.47 Å². The molecule has 0 N–H and O–H groups in total. The normalized spacial score (nSPS) is 12.5. The third-order valence-electron chi connectivity index (χ3n) is 3.63. The first kappa shape index (κ1) is 15.5. The number of benzene rings is 1. The van der Waals surface area contributed by atoms with Gasteiger partial charge in [0.15, 0.2) is 4.96 Å². The zero-order valence-corrected chi connectivity index (χ0v) is 14.4. The van der Waals surface area contributed by atoms with Gasteiger partial charge in [-0.1, -0.05) is 38.2 Å². The molecule has 0 unspecified atom stereocenters. The van der Waals surface area contributed by atoms with E-state index in [1.807, 2.05) is 0 Å². The molecule has 5 heteroatoms. The van der Waals surface area contributed by atoms with Crippen molar-refractivity contribution in [3.8, 4) is 0 Å². The maximum absolute atomic E-state index is 5.59. The summed E-state index contributed by atoms with van der Waals surface area (Å²) >= 11 is 1.73. The van der Waals surface area contributed by atoms with Gasteiger partial charge in [-0.25, -0.2) is 4.98 Å². The lowest BCUT2D eigenvalue weighted by Crippen LogP contribution is -2.11. The molecule has 0 aliphatic heterocycles. The van der Waals surface area contributed by atoms with E-state index in [1.54, 1.807) is 18.4 Å². The van der Waals surface area contributed by atoms with Crippen molar-refractivity contribution in [1.29, 1.82) is 0 Å². The lowest BCUT2D eigenvalue weighted by Gasteiger charge is -2.13. The largest absolute Gasteiger partial charge is 0.382 e. The second-order valence-corrected chi connectivity index (χ2v) is 7.49. The number of ether oxygens (including phenoxy) is 2. The number of aromatic nitrogens is 2. The monoisotopic (exact) mass is 318 g/mol. The average Bonchev–Trinajstić information content (AvgIpc) is 3.00. The third-order valence-corrected chi connectivity index (χ3v) is 4.64. The molecule has 2 heterocycles. The van der Waals surface area contributed by atoms with Gasteiger partial charge in [0.1, 0.15) is 0 Å². The van der Waals surface area contributed by atoms with Gasteiger partial charge in [-0.15, -0.1) is 0 Å². The maximum atomic E-state index is 5.59. The SMILES string of the molecule is COCCOCc1ccc2c(c1)sc1nc(C(C)(C)C)cn12.